The number of hydrogen-bond donors (Lipinski definition) is 0. The number of rotatable bonds is 8. The molecule has 1 atom stereocenters. The van der Waals surface area contributed by atoms with Crippen molar-refractivity contribution in [3.8, 4) is 11.5 Å². The van der Waals surface area contributed by atoms with Crippen LogP contribution in [0.25, 0.3) is 0 Å². The van der Waals surface area contributed by atoms with Crippen molar-refractivity contribution in [1.82, 2.24) is 0 Å². The summed E-state index contributed by atoms with van der Waals surface area (Å²) < 4.78 is 10.5. The summed E-state index contributed by atoms with van der Waals surface area (Å²) in [7, 11) is 1.59. The van der Waals surface area contributed by atoms with Crippen LogP contribution in [-0.4, -0.2) is 30.6 Å². The normalized spacial score (nSPS) is 14.2. The zero-order valence-electron chi connectivity index (χ0n) is 16.3. The molecule has 0 radical (unpaired) electrons. The number of carbonyl (C=O) groups is 1. The maximum Gasteiger partial charge on any atom is 0.311 e. The topological polar surface area (TPSA) is 81.9 Å². The summed E-state index contributed by atoms with van der Waals surface area (Å²) in [6, 6.07) is 11.6. The highest BCUT2D eigenvalue weighted by molar-refractivity contribution is 6.07. The van der Waals surface area contributed by atoms with Crippen LogP contribution in [0.3, 0.4) is 0 Å². The second-order valence-corrected chi connectivity index (χ2v) is 6.82. The largest absolute Gasteiger partial charge is 0.497 e. The lowest BCUT2D eigenvalue weighted by molar-refractivity contribution is -0.385. The number of carbonyl (C=O) groups excluding carboxylic acids is 1. The number of benzene rings is 2. The Bertz CT molecular complexity index is 862. The van der Waals surface area contributed by atoms with Crippen molar-refractivity contribution in [2.45, 2.75) is 32.7 Å². The average Bonchev–Trinajstić information content (AvgIpc) is 3.54. The van der Waals surface area contributed by atoms with Crippen LogP contribution in [0.4, 0.5) is 11.4 Å². The SMILES string of the molecule is CCOc1ccc(C(=O)N(c2ccc(OC)cc2)C(C)C2CC2)cc1[N+](=O)[O-]. The third-order valence-corrected chi connectivity index (χ3v) is 4.98. The molecule has 7 heteroatoms. The summed E-state index contributed by atoms with van der Waals surface area (Å²) >= 11 is 0. The van der Waals surface area contributed by atoms with Gasteiger partial charge in [-0.15, -0.1) is 0 Å². The fraction of sp³-hybridized carbons (Fsp3) is 0.381. The maximum absolute atomic E-state index is 13.3. The predicted octanol–water partition coefficient (Wildman–Crippen LogP) is 4.45. The number of nitrogens with zero attached hydrogens (tertiary/aromatic N) is 2. The molecule has 0 heterocycles. The Morgan fingerprint density at radius 3 is 2.46 bits per heavy atom. The first-order valence-corrected chi connectivity index (χ1v) is 9.35. The molecule has 2 aromatic carbocycles. The van der Waals surface area contributed by atoms with Crippen molar-refractivity contribution in [3.63, 3.8) is 0 Å². The van der Waals surface area contributed by atoms with Crippen LogP contribution in [0.1, 0.15) is 37.0 Å². The molecule has 0 aliphatic heterocycles. The summed E-state index contributed by atoms with van der Waals surface area (Å²) in [6.07, 6.45) is 2.15. The molecule has 1 amide bonds. The Morgan fingerprint density at radius 2 is 1.93 bits per heavy atom. The lowest BCUT2D eigenvalue weighted by Crippen LogP contribution is -2.40. The third kappa shape index (κ3) is 4.08. The highest BCUT2D eigenvalue weighted by Gasteiger charge is 2.36. The van der Waals surface area contributed by atoms with Crippen LogP contribution >= 0.6 is 0 Å². The van der Waals surface area contributed by atoms with E-state index in [1.54, 1.807) is 37.1 Å². The molecule has 0 bridgehead atoms. The molecule has 28 heavy (non-hydrogen) atoms. The highest BCUT2D eigenvalue weighted by Crippen LogP contribution is 2.38. The number of nitro benzene ring substituents is 1. The van der Waals surface area contributed by atoms with Gasteiger partial charge in [-0.2, -0.15) is 0 Å². The number of methoxy groups -OCH3 is 1. The molecule has 1 unspecified atom stereocenters. The summed E-state index contributed by atoms with van der Waals surface area (Å²) in [6.45, 7) is 4.08. The van der Waals surface area contributed by atoms with E-state index in [0.29, 0.717) is 18.3 Å². The van der Waals surface area contributed by atoms with Crippen LogP contribution in [-0.2, 0) is 0 Å². The number of amides is 1. The molecule has 148 valence electrons. The fourth-order valence-electron chi connectivity index (χ4n) is 3.28. The molecule has 0 spiro atoms. The Morgan fingerprint density at radius 1 is 1.25 bits per heavy atom. The number of anilines is 1. The molecular formula is C21H24N2O5. The molecule has 0 N–H and O–H groups in total. The lowest BCUT2D eigenvalue weighted by Gasteiger charge is -2.30. The van der Waals surface area contributed by atoms with Crippen molar-refractivity contribution in [2.75, 3.05) is 18.6 Å². The van der Waals surface area contributed by atoms with Gasteiger partial charge in [-0.25, -0.2) is 0 Å². The summed E-state index contributed by atoms with van der Waals surface area (Å²) in [5, 5.41) is 11.4. The molecule has 1 saturated carbocycles. The van der Waals surface area contributed by atoms with E-state index in [-0.39, 0.29) is 28.9 Å². The van der Waals surface area contributed by atoms with Gasteiger partial charge in [0.1, 0.15) is 5.75 Å². The minimum absolute atomic E-state index is 0.00785. The lowest BCUT2D eigenvalue weighted by atomic mass is 10.1. The fourth-order valence-corrected chi connectivity index (χ4v) is 3.28. The third-order valence-electron chi connectivity index (χ3n) is 4.98. The highest BCUT2D eigenvalue weighted by atomic mass is 16.6. The summed E-state index contributed by atoms with van der Waals surface area (Å²) in [5.41, 5.74) is 0.793. The molecule has 1 aliphatic rings. The van der Waals surface area contributed by atoms with Crippen LogP contribution in [0.5, 0.6) is 11.5 Å². The Balaban J connectivity index is 1.98. The minimum atomic E-state index is -0.524. The van der Waals surface area contributed by atoms with Crippen LogP contribution in [0.2, 0.25) is 0 Å². The first kappa shape index (κ1) is 19.7. The van der Waals surface area contributed by atoms with E-state index in [1.165, 1.54) is 12.1 Å². The second kappa shape index (κ2) is 8.29. The van der Waals surface area contributed by atoms with Gasteiger partial charge in [0.05, 0.1) is 18.6 Å². The van der Waals surface area contributed by atoms with Gasteiger partial charge in [0, 0.05) is 23.4 Å². The predicted molar refractivity (Wildman–Crippen MR) is 106 cm³/mol. The molecule has 7 nitrogen and oxygen atoms in total. The number of hydrogen-bond acceptors (Lipinski definition) is 5. The number of nitro groups is 1. The van der Waals surface area contributed by atoms with E-state index in [1.807, 2.05) is 19.1 Å². The zero-order valence-corrected chi connectivity index (χ0v) is 16.3. The molecule has 0 aromatic heterocycles. The van der Waals surface area contributed by atoms with Gasteiger partial charge in [0.25, 0.3) is 5.91 Å². The van der Waals surface area contributed by atoms with E-state index in [2.05, 4.69) is 0 Å². The van der Waals surface area contributed by atoms with Crippen molar-refractivity contribution < 1.29 is 19.2 Å². The zero-order chi connectivity index (χ0) is 20.3. The molecule has 2 aromatic rings. The van der Waals surface area contributed by atoms with Gasteiger partial charge in [-0.3, -0.25) is 14.9 Å². The van der Waals surface area contributed by atoms with Crippen LogP contribution < -0.4 is 14.4 Å². The first-order valence-electron chi connectivity index (χ1n) is 9.35. The second-order valence-electron chi connectivity index (χ2n) is 6.82. The smallest absolute Gasteiger partial charge is 0.311 e. The molecule has 0 saturated heterocycles. The van der Waals surface area contributed by atoms with Gasteiger partial charge in [-0.1, -0.05) is 0 Å². The Kier molecular flexibility index (Phi) is 5.82. The first-order chi connectivity index (χ1) is 13.5. The van der Waals surface area contributed by atoms with Gasteiger partial charge >= 0.3 is 5.69 Å². The maximum atomic E-state index is 13.3. The van der Waals surface area contributed by atoms with Gasteiger partial charge in [0.15, 0.2) is 5.75 Å². The van der Waals surface area contributed by atoms with Crippen molar-refractivity contribution in [1.29, 1.82) is 0 Å². The molecule has 1 fully saturated rings. The van der Waals surface area contributed by atoms with Crippen molar-refractivity contribution in [3.05, 3.63) is 58.1 Å². The van der Waals surface area contributed by atoms with E-state index >= 15 is 0 Å². The van der Waals surface area contributed by atoms with E-state index < -0.39 is 4.92 Å². The molecule has 1 aliphatic carbocycles. The van der Waals surface area contributed by atoms with E-state index in [9.17, 15) is 14.9 Å². The number of ether oxygens (including phenoxy) is 2. The van der Waals surface area contributed by atoms with Gasteiger partial charge in [-0.05, 0) is 69.0 Å². The molecular weight excluding hydrogens is 360 g/mol. The van der Waals surface area contributed by atoms with Crippen molar-refractivity contribution in [2.24, 2.45) is 5.92 Å². The van der Waals surface area contributed by atoms with E-state index in [4.69, 9.17) is 9.47 Å². The summed E-state index contributed by atoms with van der Waals surface area (Å²) in [5.74, 6) is 1.03. The Hall–Kier alpha value is -3.09. The minimum Gasteiger partial charge on any atom is -0.497 e. The molecule has 3 rings (SSSR count). The van der Waals surface area contributed by atoms with Gasteiger partial charge < -0.3 is 14.4 Å². The quantitative estimate of drug-likeness (QED) is 0.496. The Labute approximate surface area is 164 Å². The standard InChI is InChI=1S/C21H24N2O5/c1-4-28-20-12-7-16(13-19(20)23(25)26)21(24)22(14(2)15-5-6-15)17-8-10-18(27-3)11-9-17/h7-15H,4-6H2,1-3H3. The van der Waals surface area contributed by atoms with Crippen molar-refractivity contribution >= 4 is 17.3 Å². The average molecular weight is 384 g/mol. The van der Waals surface area contributed by atoms with Crippen LogP contribution in [0.15, 0.2) is 42.5 Å². The van der Waals surface area contributed by atoms with Crippen LogP contribution in [0, 0.1) is 16.0 Å². The van der Waals surface area contributed by atoms with E-state index in [0.717, 1.165) is 18.5 Å². The summed E-state index contributed by atoms with van der Waals surface area (Å²) in [4.78, 5) is 26.0. The monoisotopic (exact) mass is 384 g/mol. The van der Waals surface area contributed by atoms with Gasteiger partial charge in [0.2, 0.25) is 0 Å².